The van der Waals surface area contributed by atoms with Crippen LogP contribution in [0.1, 0.15) is 13.3 Å². The zero-order valence-electron chi connectivity index (χ0n) is 14.9. The van der Waals surface area contributed by atoms with Crippen molar-refractivity contribution < 1.29 is 18.7 Å². The van der Waals surface area contributed by atoms with E-state index >= 15 is 0 Å². The maximum atomic E-state index is 13.0. The predicted molar refractivity (Wildman–Crippen MR) is 93.9 cm³/mol. The van der Waals surface area contributed by atoms with Crippen LogP contribution < -0.4 is 4.90 Å². The van der Waals surface area contributed by atoms with E-state index in [1.807, 2.05) is 0 Å². The lowest BCUT2D eigenvalue weighted by Crippen LogP contribution is -2.51. The molecule has 1 aliphatic heterocycles. The molecule has 1 saturated heterocycles. The van der Waals surface area contributed by atoms with Crippen LogP contribution in [0.5, 0.6) is 0 Å². The molecule has 2 rings (SSSR count). The van der Waals surface area contributed by atoms with Gasteiger partial charge in [0.1, 0.15) is 5.82 Å². The summed E-state index contributed by atoms with van der Waals surface area (Å²) in [5.41, 5.74) is 0.957. The molecule has 0 bridgehead atoms. The topological polar surface area (TPSA) is 53.1 Å². The minimum atomic E-state index is -0.254. The molecule has 0 N–H and O–H groups in total. The Morgan fingerprint density at radius 3 is 2.36 bits per heavy atom. The second kappa shape index (κ2) is 9.36. The fourth-order valence-electron chi connectivity index (χ4n) is 2.88. The van der Waals surface area contributed by atoms with Crippen LogP contribution >= 0.6 is 0 Å². The number of hydrogen-bond donors (Lipinski definition) is 0. The molecule has 0 aliphatic carbocycles. The first-order valence-electron chi connectivity index (χ1n) is 8.54. The third-order valence-electron chi connectivity index (χ3n) is 4.37. The number of rotatable bonds is 7. The first-order chi connectivity index (χ1) is 12.0. The highest BCUT2D eigenvalue weighted by atomic mass is 19.1. The normalized spacial score (nSPS) is 14.5. The van der Waals surface area contributed by atoms with Gasteiger partial charge in [0.2, 0.25) is 11.8 Å². The number of hydrogen-bond acceptors (Lipinski definition) is 4. The summed E-state index contributed by atoms with van der Waals surface area (Å²) in [4.78, 5) is 29.6. The summed E-state index contributed by atoms with van der Waals surface area (Å²) in [5.74, 6) is -0.392. The molecule has 0 spiro atoms. The molecule has 1 fully saturated rings. The van der Waals surface area contributed by atoms with Crippen molar-refractivity contribution in [1.82, 2.24) is 9.80 Å². The summed E-state index contributed by atoms with van der Waals surface area (Å²) in [7, 11) is 1.61. The smallest absolute Gasteiger partial charge is 0.242 e. The van der Waals surface area contributed by atoms with Gasteiger partial charge in [-0.2, -0.15) is 0 Å². The number of nitrogens with zero attached hydrogens (tertiary/aromatic N) is 3. The summed E-state index contributed by atoms with van der Waals surface area (Å²) in [6.07, 6.45) is 0.710. The molecule has 138 valence electrons. The number of carbonyl (C=O) groups excluding carboxylic acids is 2. The Bertz CT molecular complexity index is 571. The third-order valence-corrected chi connectivity index (χ3v) is 4.37. The number of amides is 2. The van der Waals surface area contributed by atoms with Gasteiger partial charge < -0.3 is 19.4 Å². The first-order valence-corrected chi connectivity index (χ1v) is 8.54. The van der Waals surface area contributed by atoms with Gasteiger partial charge in [0.15, 0.2) is 0 Å². The molecule has 2 amide bonds. The molecule has 0 radical (unpaired) electrons. The Labute approximate surface area is 148 Å². The molecule has 0 atom stereocenters. The van der Waals surface area contributed by atoms with Crippen molar-refractivity contribution in [2.24, 2.45) is 0 Å². The van der Waals surface area contributed by atoms with Crippen LogP contribution in [0.15, 0.2) is 24.3 Å². The Hall–Kier alpha value is -2.15. The fraction of sp³-hybridized carbons (Fsp3) is 0.556. The van der Waals surface area contributed by atoms with Crippen molar-refractivity contribution in [3.63, 3.8) is 0 Å². The van der Waals surface area contributed by atoms with Crippen LogP contribution in [0.25, 0.3) is 0 Å². The molecule has 7 heteroatoms. The average Bonchev–Trinajstić information content (AvgIpc) is 2.61. The van der Waals surface area contributed by atoms with Gasteiger partial charge in [-0.25, -0.2) is 4.39 Å². The standard InChI is InChI=1S/C18H26FN3O3/c1-15(23)22(8-3-13-25-2)14-18(24)21-11-9-20(10-12-21)17-6-4-16(19)5-7-17/h4-7H,3,8-14H2,1-2H3. The van der Waals surface area contributed by atoms with E-state index in [1.54, 1.807) is 29.0 Å². The zero-order valence-corrected chi connectivity index (χ0v) is 14.9. The van der Waals surface area contributed by atoms with Crippen LogP contribution in [0, 0.1) is 5.82 Å². The molecule has 1 aliphatic rings. The largest absolute Gasteiger partial charge is 0.385 e. The lowest BCUT2D eigenvalue weighted by atomic mass is 10.2. The van der Waals surface area contributed by atoms with Gasteiger partial charge in [-0.05, 0) is 30.7 Å². The second-order valence-electron chi connectivity index (χ2n) is 6.13. The summed E-state index contributed by atoms with van der Waals surface area (Å²) < 4.78 is 18.0. The van der Waals surface area contributed by atoms with E-state index in [9.17, 15) is 14.0 Å². The van der Waals surface area contributed by atoms with Gasteiger partial charge in [-0.3, -0.25) is 9.59 Å². The summed E-state index contributed by atoms with van der Waals surface area (Å²) in [6, 6.07) is 6.38. The van der Waals surface area contributed by atoms with Crippen LogP contribution in [0.2, 0.25) is 0 Å². The molecule has 25 heavy (non-hydrogen) atoms. The number of anilines is 1. The molecule has 1 heterocycles. The van der Waals surface area contributed by atoms with Gasteiger partial charge in [0.25, 0.3) is 0 Å². The Morgan fingerprint density at radius 1 is 1.16 bits per heavy atom. The third kappa shape index (κ3) is 5.70. The number of halogens is 1. The molecule has 1 aromatic carbocycles. The van der Waals surface area contributed by atoms with Crippen molar-refractivity contribution in [1.29, 1.82) is 0 Å². The van der Waals surface area contributed by atoms with E-state index in [4.69, 9.17) is 4.74 Å². The molecule has 1 aromatic rings. The van der Waals surface area contributed by atoms with Crippen molar-refractivity contribution in [3.05, 3.63) is 30.1 Å². The van der Waals surface area contributed by atoms with E-state index in [0.29, 0.717) is 45.8 Å². The maximum Gasteiger partial charge on any atom is 0.242 e. The van der Waals surface area contributed by atoms with Gasteiger partial charge in [-0.1, -0.05) is 0 Å². The number of ether oxygens (including phenoxy) is 1. The minimum absolute atomic E-state index is 0.0358. The highest BCUT2D eigenvalue weighted by Crippen LogP contribution is 2.17. The molecular weight excluding hydrogens is 325 g/mol. The minimum Gasteiger partial charge on any atom is -0.385 e. The van der Waals surface area contributed by atoms with Crippen LogP contribution in [-0.2, 0) is 14.3 Å². The first kappa shape index (κ1) is 19.2. The summed E-state index contributed by atoms with van der Waals surface area (Å²) in [5, 5.41) is 0. The summed E-state index contributed by atoms with van der Waals surface area (Å²) >= 11 is 0. The van der Waals surface area contributed by atoms with E-state index in [1.165, 1.54) is 19.1 Å². The second-order valence-corrected chi connectivity index (χ2v) is 6.13. The molecule has 0 unspecified atom stereocenters. The van der Waals surface area contributed by atoms with Gasteiger partial charge in [-0.15, -0.1) is 0 Å². The van der Waals surface area contributed by atoms with Crippen molar-refractivity contribution in [2.75, 3.05) is 57.9 Å². The van der Waals surface area contributed by atoms with Gasteiger partial charge in [0, 0.05) is 59.1 Å². The Kier molecular flexibility index (Phi) is 7.18. The molecular formula is C18H26FN3O3. The number of methoxy groups -OCH3 is 1. The van der Waals surface area contributed by atoms with Crippen molar-refractivity contribution in [2.45, 2.75) is 13.3 Å². The van der Waals surface area contributed by atoms with E-state index in [2.05, 4.69) is 4.90 Å². The van der Waals surface area contributed by atoms with Gasteiger partial charge in [0.05, 0.1) is 6.54 Å². The maximum absolute atomic E-state index is 13.0. The average molecular weight is 351 g/mol. The van der Waals surface area contributed by atoms with Crippen molar-refractivity contribution >= 4 is 17.5 Å². The van der Waals surface area contributed by atoms with Crippen molar-refractivity contribution in [3.8, 4) is 0 Å². The van der Waals surface area contributed by atoms with Crippen LogP contribution in [-0.4, -0.2) is 74.6 Å². The van der Waals surface area contributed by atoms with Crippen LogP contribution in [0.4, 0.5) is 10.1 Å². The SMILES string of the molecule is COCCCN(CC(=O)N1CCN(c2ccc(F)cc2)CC1)C(C)=O. The molecule has 6 nitrogen and oxygen atoms in total. The fourth-order valence-corrected chi connectivity index (χ4v) is 2.88. The van der Waals surface area contributed by atoms with Crippen LogP contribution in [0.3, 0.4) is 0 Å². The zero-order chi connectivity index (χ0) is 18.2. The Balaban J connectivity index is 1.83. The lowest BCUT2D eigenvalue weighted by Gasteiger charge is -2.37. The highest BCUT2D eigenvalue weighted by molar-refractivity contribution is 5.84. The summed E-state index contributed by atoms with van der Waals surface area (Å²) in [6.45, 7) is 5.25. The lowest BCUT2D eigenvalue weighted by molar-refractivity contribution is -0.139. The predicted octanol–water partition coefficient (Wildman–Crippen LogP) is 1.36. The molecule has 0 aromatic heterocycles. The number of benzene rings is 1. The number of carbonyl (C=O) groups is 2. The number of piperazine rings is 1. The van der Waals surface area contributed by atoms with E-state index in [-0.39, 0.29) is 24.2 Å². The Morgan fingerprint density at radius 2 is 1.80 bits per heavy atom. The monoisotopic (exact) mass is 351 g/mol. The molecule has 0 saturated carbocycles. The quantitative estimate of drug-likeness (QED) is 0.696. The van der Waals surface area contributed by atoms with E-state index < -0.39 is 0 Å². The van der Waals surface area contributed by atoms with E-state index in [0.717, 1.165) is 5.69 Å². The van der Waals surface area contributed by atoms with Gasteiger partial charge >= 0.3 is 0 Å². The highest BCUT2D eigenvalue weighted by Gasteiger charge is 2.23.